The van der Waals surface area contributed by atoms with Gasteiger partial charge < -0.3 is 5.32 Å². The highest BCUT2D eigenvalue weighted by molar-refractivity contribution is 7.89. The Balaban J connectivity index is 1.59. The van der Waals surface area contributed by atoms with E-state index in [0.717, 1.165) is 36.8 Å². The molecular formula is C22H26N2O3S. The molecule has 2 aromatic rings. The molecule has 3 rings (SSSR count). The molecule has 1 aliphatic heterocycles. The van der Waals surface area contributed by atoms with Crippen LogP contribution in [0.15, 0.2) is 65.6 Å². The van der Waals surface area contributed by atoms with Crippen LogP contribution >= 0.6 is 0 Å². The summed E-state index contributed by atoms with van der Waals surface area (Å²) in [4.78, 5) is 12.3. The smallest absolute Gasteiger partial charge is 0.244 e. The average molecular weight is 399 g/mol. The Labute approximate surface area is 167 Å². The van der Waals surface area contributed by atoms with Crippen LogP contribution in [0.1, 0.15) is 36.8 Å². The van der Waals surface area contributed by atoms with Gasteiger partial charge in [-0.05, 0) is 42.2 Å². The summed E-state index contributed by atoms with van der Waals surface area (Å²) in [6.45, 7) is 1.65. The summed E-state index contributed by atoms with van der Waals surface area (Å²) in [5.41, 5.74) is 1.82. The highest BCUT2D eigenvalue weighted by Crippen LogP contribution is 2.21. The van der Waals surface area contributed by atoms with Crippen LogP contribution in [0.3, 0.4) is 0 Å². The molecule has 1 aliphatic rings. The van der Waals surface area contributed by atoms with Crippen molar-refractivity contribution in [3.8, 4) is 0 Å². The monoisotopic (exact) mass is 398 g/mol. The molecule has 0 aliphatic carbocycles. The third-order valence-electron chi connectivity index (χ3n) is 4.82. The van der Waals surface area contributed by atoms with Crippen molar-refractivity contribution in [2.24, 2.45) is 0 Å². The highest BCUT2D eigenvalue weighted by Gasteiger charge is 2.24. The number of nitrogens with one attached hydrogen (secondary N) is 1. The number of hydrogen-bond donors (Lipinski definition) is 1. The van der Waals surface area contributed by atoms with Gasteiger partial charge in [0.25, 0.3) is 0 Å². The van der Waals surface area contributed by atoms with Crippen molar-refractivity contribution in [1.82, 2.24) is 9.62 Å². The van der Waals surface area contributed by atoms with Crippen molar-refractivity contribution in [2.45, 2.75) is 37.1 Å². The van der Waals surface area contributed by atoms with E-state index in [1.54, 1.807) is 34.6 Å². The zero-order valence-electron chi connectivity index (χ0n) is 15.9. The predicted octanol–water partition coefficient (Wildman–Crippen LogP) is 3.58. The second-order valence-corrected chi connectivity index (χ2v) is 8.86. The fraction of sp³-hybridized carbons (Fsp3) is 0.318. The van der Waals surface area contributed by atoms with Crippen LogP contribution in [0.25, 0.3) is 6.08 Å². The maximum absolute atomic E-state index is 12.8. The second-order valence-electron chi connectivity index (χ2n) is 6.92. The largest absolute Gasteiger partial charge is 0.348 e. The minimum absolute atomic E-state index is 0.190. The van der Waals surface area contributed by atoms with E-state index in [4.69, 9.17) is 0 Å². The van der Waals surface area contributed by atoms with Crippen molar-refractivity contribution >= 4 is 22.0 Å². The van der Waals surface area contributed by atoms with Gasteiger partial charge in [0.1, 0.15) is 0 Å². The van der Waals surface area contributed by atoms with Gasteiger partial charge in [0, 0.05) is 25.7 Å². The minimum Gasteiger partial charge on any atom is -0.348 e. The summed E-state index contributed by atoms with van der Waals surface area (Å²) in [5, 5.41) is 2.83. The first-order valence-corrected chi connectivity index (χ1v) is 11.1. The van der Waals surface area contributed by atoms with Crippen LogP contribution < -0.4 is 5.32 Å². The van der Waals surface area contributed by atoms with Crippen LogP contribution in [0, 0.1) is 0 Å². The minimum atomic E-state index is -3.44. The van der Waals surface area contributed by atoms with Gasteiger partial charge in [-0.15, -0.1) is 0 Å². The molecule has 6 heteroatoms. The molecule has 28 heavy (non-hydrogen) atoms. The number of carbonyl (C=O) groups is 1. The van der Waals surface area contributed by atoms with Crippen LogP contribution in [0.5, 0.6) is 0 Å². The lowest BCUT2D eigenvalue weighted by Crippen LogP contribution is -2.31. The van der Waals surface area contributed by atoms with Gasteiger partial charge in [-0.3, -0.25) is 4.79 Å². The first-order chi connectivity index (χ1) is 13.6. The van der Waals surface area contributed by atoms with Gasteiger partial charge in [0.15, 0.2) is 0 Å². The first-order valence-electron chi connectivity index (χ1n) is 9.66. The van der Waals surface area contributed by atoms with E-state index in [9.17, 15) is 13.2 Å². The summed E-state index contributed by atoms with van der Waals surface area (Å²) >= 11 is 0. The number of sulfonamides is 1. The summed E-state index contributed by atoms with van der Waals surface area (Å²) in [5.74, 6) is -0.190. The van der Waals surface area contributed by atoms with Crippen molar-refractivity contribution in [3.05, 3.63) is 71.8 Å². The molecule has 0 aromatic heterocycles. The quantitative estimate of drug-likeness (QED) is 0.757. The number of carbonyl (C=O) groups excluding carboxylic acids is 1. The number of rotatable bonds is 6. The van der Waals surface area contributed by atoms with Crippen LogP contribution in [0.2, 0.25) is 0 Å². The maximum Gasteiger partial charge on any atom is 0.244 e. The van der Waals surface area contributed by atoms with E-state index in [2.05, 4.69) is 5.32 Å². The Morgan fingerprint density at radius 3 is 2.21 bits per heavy atom. The molecule has 0 bridgehead atoms. The molecule has 0 unspecified atom stereocenters. The molecule has 1 amide bonds. The molecule has 1 saturated heterocycles. The molecule has 1 heterocycles. The predicted molar refractivity (Wildman–Crippen MR) is 111 cm³/mol. The normalized spacial score (nSPS) is 16.0. The molecule has 0 saturated carbocycles. The highest BCUT2D eigenvalue weighted by atomic mass is 32.2. The van der Waals surface area contributed by atoms with E-state index in [0.29, 0.717) is 24.5 Å². The lowest BCUT2D eigenvalue weighted by Gasteiger charge is -2.19. The van der Waals surface area contributed by atoms with Crippen molar-refractivity contribution < 1.29 is 13.2 Å². The van der Waals surface area contributed by atoms with Crippen molar-refractivity contribution in [2.75, 3.05) is 13.1 Å². The summed E-state index contributed by atoms with van der Waals surface area (Å²) in [7, 11) is -3.44. The van der Waals surface area contributed by atoms with E-state index in [-0.39, 0.29) is 5.91 Å². The fourth-order valence-corrected chi connectivity index (χ4v) is 4.71. The van der Waals surface area contributed by atoms with Gasteiger partial charge >= 0.3 is 0 Å². The van der Waals surface area contributed by atoms with Gasteiger partial charge in [0.2, 0.25) is 15.9 Å². The lowest BCUT2D eigenvalue weighted by atomic mass is 10.2. The Hall–Kier alpha value is -2.44. The van der Waals surface area contributed by atoms with E-state index in [1.165, 1.54) is 6.08 Å². The fourth-order valence-electron chi connectivity index (χ4n) is 3.20. The van der Waals surface area contributed by atoms with E-state index in [1.807, 2.05) is 30.3 Å². The summed E-state index contributed by atoms with van der Waals surface area (Å²) < 4.78 is 27.1. The molecule has 1 fully saturated rings. The molecule has 1 N–H and O–H groups in total. The number of nitrogens with zero attached hydrogens (tertiary/aromatic N) is 1. The summed E-state index contributed by atoms with van der Waals surface area (Å²) in [6.07, 6.45) is 7.14. The summed E-state index contributed by atoms with van der Waals surface area (Å²) in [6, 6.07) is 16.4. The second kappa shape index (κ2) is 9.66. The Morgan fingerprint density at radius 2 is 1.57 bits per heavy atom. The van der Waals surface area contributed by atoms with Crippen LogP contribution in [-0.2, 0) is 21.4 Å². The van der Waals surface area contributed by atoms with Crippen molar-refractivity contribution in [3.63, 3.8) is 0 Å². The zero-order valence-corrected chi connectivity index (χ0v) is 16.7. The maximum atomic E-state index is 12.8. The number of amides is 1. The molecule has 0 radical (unpaired) electrons. The third kappa shape index (κ3) is 5.53. The lowest BCUT2D eigenvalue weighted by molar-refractivity contribution is -0.116. The Morgan fingerprint density at radius 1 is 0.929 bits per heavy atom. The molecule has 0 spiro atoms. The third-order valence-corrected chi connectivity index (χ3v) is 6.73. The first kappa shape index (κ1) is 20.3. The van der Waals surface area contributed by atoms with E-state index < -0.39 is 10.0 Å². The Kier molecular flexibility index (Phi) is 7.01. The molecule has 5 nitrogen and oxygen atoms in total. The zero-order chi connectivity index (χ0) is 19.8. The van der Waals surface area contributed by atoms with Crippen LogP contribution in [-0.4, -0.2) is 31.7 Å². The number of benzene rings is 2. The molecule has 2 aromatic carbocycles. The molecule has 0 atom stereocenters. The SMILES string of the molecule is O=C(/C=C/c1ccc(S(=O)(=O)N2CCCCCC2)cc1)NCc1ccccc1. The van der Waals surface area contributed by atoms with Crippen LogP contribution in [0.4, 0.5) is 0 Å². The topological polar surface area (TPSA) is 66.5 Å². The van der Waals surface area contributed by atoms with Gasteiger partial charge in [-0.2, -0.15) is 4.31 Å². The number of hydrogen-bond acceptors (Lipinski definition) is 3. The Bertz CT molecular complexity index is 899. The van der Waals surface area contributed by atoms with Gasteiger partial charge in [-0.1, -0.05) is 55.3 Å². The standard InChI is InChI=1S/C22H26N2O3S/c25-22(23-18-20-8-4-3-5-9-20)15-12-19-10-13-21(14-11-19)28(26,27)24-16-6-1-2-7-17-24/h3-5,8-15H,1-2,6-7,16-18H2,(H,23,25)/b15-12+. The molecule has 148 valence electrons. The van der Waals surface area contributed by atoms with Crippen molar-refractivity contribution in [1.29, 1.82) is 0 Å². The van der Waals surface area contributed by atoms with Gasteiger partial charge in [-0.25, -0.2) is 8.42 Å². The average Bonchev–Trinajstić information content (AvgIpc) is 3.02. The van der Waals surface area contributed by atoms with Gasteiger partial charge in [0.05, 0.1) is 4.90 Å². The molecular weight excluding hydrogens is 372 g/mol. The van der Waals surface area contributed by atoms with E-state index >= 15 is 0 Å².